The minimum absolute atomic E-state index is 0.107. The zero-order chi connectivity index (χ0) is 16.5. The van der Waals surface area contributed by atoms with Gasteiger partial charge in [-0.05, 0) is 19.5 Å². The molecule has 0 radical (unpaired) electrons. The van der Waals surface area contributed by atoms with Crippen molar-refractivity contribution in [3.05, 3.63) is 0 Å². The molecule has 134 valence electrons. The van der Waals surface area contributed by atoms with Crippen molar-refractivity contribution in [3.8, 4) is 0 Å². The highest BCUT2D eigenvalue weighted by Crippen LogP contribution is 2.35. The number of epoxide rings is 2. The van der Waals surface area contributed by atoms with Crippen molar-refractivity contribution in [2.24, 2.45) is 0 Å². The van der Waals surface area contributed by atoms with Gasteiger partial charge in [-0.25, -0.2) is 0 Å². The Hall–Kier alpha value is 0.234. The van der Waals surface area contributed by atoms with E-state index in [4.69, 9.17) is 23.4 Å². The monoisotopic (exact) mass is 360 g/mol. The Morgan fingerprint density at radius 3 is 2.26 bits per heavy atom. The minimum Gasteiger partial charge on any atom is -0.417 e. The lowest BCUT2D eigenvalue weighted by Crippen LogP contribution is -2.62. The maximum Gasteiger partial charge on any atom is 0.174 e. The average Bonchev–Trinajstić information content (AvgIpc) is 3.34. The molecule has 0 aromatic heterocycles. The molecule has 7 heteroatoms. The van der Waals surface area contributed by atoms with Crippen LogP contribution in [-0.2, 0) is 23.4 Å². The second-order valence-electron chi connectivity index (χ2n) is 8.31. The molecule has 3 heterocycles. The second-order valence-corrected chi connectivity index (χ2v) is 23.5. The van der Waals surface area contributed by atoms with Crippen molar-refractivity contribution < 1.29 is 23.4 Å². The predicted octanol–water partition coefficient (Wildman–Crippen LogP) is 2.36. The molecule has 23 heavy (non-hydrogen) atoms. The van der Waals surface area contributed by atoms with Crippen LogP contribution in [0.15, 0.2) is 0 Å². The van der Waals surface area contributed by atoms with Crippen molar-refractivity contribution >= 4 is 15.4 Å². The molecule has 4 unspecified atom stereocenters. The first-order chi connectivity index (χ1) is 10.9. The van der Waals surface area contributed by atoms with Crippen LogP contribution in [0.1, 0.15) is 12.8 Å². The van der Waals surface area contributed by atoms with Gasteiger partial charge in [0.25, 0.3) is 0 Å². The molecular formula is C16H32O5Si2. The second kappa shape index (κ2) is 7.23. The van der Waals surface area contributed by atoms with Crippen LogP contribution in [0.25, 0.3) is 0 Å². The Morgan fingerprint density at radius 2 is 1.65 bits per heavy atom. The molecule has 0 bridgehead atoms. The fraction of sp³-hybridized carbons (Fsp3) is 1.00. The van der Waals surface area contributed by atoms with Gasteiger partial charge in [-0.1, -0.05) is 19.1 Å². The third-order valence-corrected chi connectivity index (χ3v) is 22.2. The van der Waals surface area contributed by atoms with E-state index in [0.29, 0.717) is 38.1 Å². The molecule has 0 N–H and O–H groups in total. The van der Waals surface area contributed by atoms with Crippen LogP contribution in [0, 0.1) is 0 Å². The molecule has 3 aliphatic heterocycles. The largest absolute Gasteiger partial charge is 0.417 e. The fourth-order valence-corrected chi connectivity index (χ4v) is 9.71. The van der Waals surface area contributed by atoms with Gasteiger partial charge in [0.1, 0.15) is 12.2 Å². The van der Waals surface area contributed by atoms with E-state index in [1.165, 1.54) is 12.5 Å². The van der Waals surface area contributed by atoms with E-state index in [1.54, 1.807) is 0 Å². The first kappa shape index (κ1) is 18.0. The number of hydrogen-bond donors (Lipinski definition) is 0. The lowest BCUT2D eigenvalue weighted by Gasteiger charge is -2.46. The number of hydrogen-bond acceptors (Lipinski definition) is 5. The summed E-state index contributed by atoms with van der Waals surface area (Å²) in [7, 11) is -2.68. The Morgan fingerprint density at radius 1 is 1.00 bits per heavy atom. The first-order valence-corrected chi connectivity index (χ1v) is 16.1. The van der Waals surface area contributed by atoms with Gasteiger partial charge in [0, 0.05) is 12.5 Å². The van der Waals surface area contributed by atoms with E-state index in [9.17, 15) is 0 Å². The lowest BCUT2D eigenvalue weighted by molar-refractivity contribution is -0.0438. The summed E-state index contributed by atoms with van der Waals surface area (Å²) in [6, 6.07) is 1.38. The predicted molar refractivity (Wildman–Crippen MR) is 93.9 cm³/mol. The van der Waals surface area contributed by atoms with Crippen molar-refractivity contribution in [2.75, 3.05) is 33.0 Å². The molecule has 0 aromatic carbocycles. The Kier molecular flexibility index (Phi) is 5.67. The number of ether oxygens (including phenoxy) is 4. The summed E-state index contributed by atoms with van der Waals surface area (Å²) in [6.45, 7) is 13.5. The quantitative estimate of drug-likeness (QED) is 0.467. The molecule has 0 amide bonds. The van der Waals surface area contributed by atoms with Crippen LogP contribution >= 0.6 is 0 Å². The van der Waals surface area contributed by atoms with Crippen LogP contribution in [-0.4, -0.2) is 72.9 Å². The third kappa shape index (κ3) is 5.35. The number of rotatable bonds is 9. The zero-order valence-electron chi connectivity index (χ0n) is 15.0. The van der Waals surface area contributed by atoms with Crippen LogP contribution in [0.4, 0.5) is 0 Å². The molecule has 3 aliphatic rings. The summed E-state index contributed by atoms with van der Waals surface area (Å²) in [5, 5.41) is 0. The van der Waals surface area contributed by atoms with Crippen molar-refractivity contribution in [2.45, 2.75) is 69.5 Å². The first-order valence-electron chi connectivity index (χ1n) is 8.96. The van der Waals surface area contributed by atoms with E-state index >= 15 is 0 Å². The van der Waals surface area contributed by atoms with Crippen molar-refractivity contribution in [3.63, 3.8) is 0 Å². The molecule has 3 fully saturated rings. The molecule has 4 atom stereocenters. The van der Waals surface area contributed by atoms with Gasteiger partial charge < -0.3 is 23.4 Å². The molecule has 3 saturated heterocycles. The summed E-state index contributed by atoms with van der Waals surface area (Å²) in [6.07, 6.45) is 3.18. The summed E-state index contributed by atoms with van der Waals surface area (Å²) >= 11 is 0. The fourth-order valence-electron chi connectivity index (χ4n) is 3.00. The van der Waals surface area contributed by atoms with Crippen molar-refractivity contribution in [1.29, 1.82) is 0 Å². The Labute approximate surface area is 141 Å². The topological polar surface area (TPSA) is 52.8 Å². The average molecular weight is 361 g/mol. The summed E-state index contributed by atoms with van der Waals surface area (Å²) < 4.78 is 28.9. The van der Waals surface area contributed by atoms with Gasteiger partial charge in [-0.2, -0.15) is 0 Å². The Bertz CT molecular complexity index is 396. The molecule has 5 nitrogen and oxygen atoms in total. The minimum atomic E-state index is -1.52. The molecule has 0 aromatic rings. The van der Waals surface area contributed by atoms with Gasteiger partial charge in [-0.15, -0.1) is 0 Å². The molecular weight excluding hydrogens is 328 g/mol. The van der Waals surface area contributed by atoms with Gasteiger partial charge in [0.05, 0.1) is 46.7 Å². The van der Waals surface area contributed by atoms with E-state index in [0.717, 1.165) is 19.6 Å². The maximum absolute atomic E-state index is 6.59. The normalized spacial score (nSPS) is 35.7. The zero-order valence-corrected chi connectivity index (χ0v) is 17.0. The van der Waals surface area contributed by atoms with Gasteiger partial charge in [-0.3, -0.25) is 0 Å². The molecule has 0 saturated carbocycles. The highest BCUT2D eigenvalue weighted by atomic mass is 29.3. The standard InChI is InChI=1S/C16H32O5Si2/c1-22(2)6-5-13(21-23(22,3)4)7-14(18-11-16-12-20-16)8-17-9-15-10-19-15/h13-16H,5-12H2,1-4H3. The molecule has 0 spiro atoms. The van der Waals surface area contributed by atoms with Crippen LogP contribution in [0.2, 0.25) is 32.2 Å². The highest BCUT2D eigenvalue weighted by Gasteiger charge is 2.47. The van der Waals surface area contributed by atoms with Crippen LogP contribution in [0.3, 0.4) is 0 Å². The smallest absolute Gasteiger partial charge is 0.174 e. The van der Waals surface area contributed by atoms with E-state index < -0.39 is 15.4 Å². The highest BCUT2D eigenvalue weighted by molar-refractivity contribution is 7.38. The van der Waals surface area contributed by atoms with Crippen LogP contribution < -0.4 is 0 Å². The van der Waals surface area contributed by atoms with Crippen LogP contribution in [0.5, 0.6) is 0 Å². The summed E-state index contributed by atoms with van der Waals surface area (Å²) in [4.78, 5) is 0. The van der Waals surface area contributed by atoms with Gasteiger partial charge >= 0.3 is 0 Å². The molecule has 3 rings (SSSR count). The van der Waals surface area contributed by atoms with Crippen molar-refractivity contribution in [1.82, 2.24) is 0 Å². The maximum atomic E-state index is 6.59. The lowest BCUT2D eigenvalue weighted by atomic mass is 10.1. The summed E-state index contributed by atoms with van der Waals surface area (Å²) in [5.41, 5.74) is 0. The van der Waals surface area contributed by atoms with Gasteiger partial charge in [0.15, 0.2) is 7.83 Å². The van der Waals surface area contributed by atoms with E-state index in [-0.39, 0.29) is 6.10 Å². The third-order valence-electron chi connectivity index (χ3n) is 5.64. The Balaban J connectivity index is 1.47. The van der Waals surface area contributed by atoms with E-state index in [1.807, 2.05) is 0 Å². The summed E-state index contributed by atoms with van der Waals surface area (Å²) in [5.74, 6) is 0. The van der Waals surface area contributed by atoms with Gasteiger partial charge in [0.2, 0.25) is 0 Å². The van der Waals surface area contributed by atoms with E-state index in [2.05, 4.69) is 26.2 Å². The SMILES string of the molecule is C[Si]1(C)CCC(CC(COCC2CO2)OCC2CO2)O[Si]1(C)C. The molecule has 0 aliphatic carbocycles.